The van der Waals surface area contributed by atoms with Crippen molar-refractivity contribution in [3.05, 3.63) is 31.2 Å². The Morgan fingerprint density at radius 3 is 1.10 bits per heavy atom. The Bertz CT molecular complexity index is 510. The number of carbonyl (C=O) groups excluding carboxylic acids is 2. The summed E-state index contributed by atoms with van der Waals surface area (Å²) in [6.07, 6.45) is 1.72. The SMILES string of the molecule is CC(C)(C)c1c(Br)c(C=O)c(C(C)(C)C)c(Br)c1C=O. The molecule has 0 aromatic heterocycles. The Balaban J connectivity index is 4.02. The van der Waals surface area contributed by atoms with Crippen molar-refractivity contribution in [2.75, 3.05) is 0 Å². The van der Waals surface area contributed by atoms with Gasteiger partial charge in [-0.05, 0) is 53.8 Å². The fourth-order valence-corrected chi connectivity index (χ4v) is 4.61. The molecule has 1 aromatic carbocycles. The Morgan fingerprint density at radius 1 is 0.700 bits per heavy atom. The third-order valence-electron chi connectivity index (χ3n) is 3.19. The van der Waals surface area contributed by atoms with Gasteiger partial charge in [-0.2, -0.15) is 0 Å². The largest absolute Gasteiger partial charge is 0.298 e. The van der Waals surface area contributed by atoms with Crippen molar-refractivity contribution in [1.82, 2.24) is 0 Å². The zero-order chi connectivity index (χ0) is 15.9. The fraction of sp³-hybridized carbons (Fsp3) is 0.500. The number of hydrogen-bond acceptors (Lipinski definition) is 2. The summed E-state index contributed by atoms with van der Waals surface area (Å²) < 4.78 is 1.44. The lowest BCUT2D eigenvalue weighted by Crippen LogP contribution is -2.22. The van der Waals surface area contributed by atoms with Crippen molar-refractivity contribution in [2.45, 2.75) is 52.4 Å². The number of rotatable bonds is 2. The maximum Gasteiger partial charge on any atom is 0.151 e. The Morgan fingerprint density at radius 2 is 0.950 bits per heavy atom. The van der Waals surface area contributed by atoms with Gasteiger partial charge in [-0.25, -0.2) is 0 Å². The van der Waals surface area contributed by atoms with Crippen LogP contribution in [0.15, 0.2) is 8.95 Å². The van der Waals surface area contributed by atoms with Crippen molar-refractivity contribution in [3.8, 4) is 0 Å². The first-order valence-electron chi connectivity index (χ1n) is 6.43. The quantitative estimate of drug-likeness (QED) is 0.616. The third kappa shape index (κ3) is 3.06. The van der Waals surface area contributed by atoms with Crippen molar-refractivity contribution in [2.24, 2.45) is 0 Å². The summed E-state index contributed by atoms with van der Waals surface area (Å²) in [4.78, 5) is 23.2. The predicted molar refractivity (Wildman–Crippen MR) is 90.0 cm³/mol. The summed E-state index contributed by atoms with van der Waals surface area (Å²) in [6.45, 7) is 12.2. The molecule has 0 unspecified atom stereocenters. The maximum absolute atomic E-state index is 11.6. The van der Waals surface area contributed by atoms with Gasteiger partial charge >= 0.3 is 0 Å². The molecular formula is C16H20Br2O2. The van der Waals surface area contributed by atoms with Gasteiger partial charge in [0.05, 0.1) is 0 Å². The molecule has 0 heterocycles. The molecule has 0 spiro atoms. The lowest BCUT2D eigenvalue weighted by molar-refractivity contribution is 0.110. The Hall–Kier alpha value is -0.480. The topological polar surface area (TPSA) is 34.1 Å². The number of aldehydes is 2. The molecule has 0 aliphatic carbocycles. The van der Waals surface area contributed by atoms with E-state index in [-0.39, 0.29) is 10.8 Å². The normalized spacial score (nSPS) is 12.4. The van der Waals surface area contributed by atoms with Crippen LogP contribution in [0.1, 0.15) is 73.4 Å². The van der Waals surface area contributed by atoms with E-state index in [9.17, 15) is 9.59 Å². The highest BCUT2D eigenvalue weighted by atomic mass is 79.9. The van der Waals surface area contributed by atoms with Gasteiger partial charge in [0.15, 0.2) is 12.6 Å². The average molecular weight is 404 g/mol. The van der Waals surface area contributed by atoms with Gasteiger partial charge in [-0.1, -0.05) is 41.5 Å². The zero-order valence-corrected chi connectivity index (χ0v) is 15.9. The van der Waals surface area contributed by atoms with Crippen molar-refractivity contribution in [3.63, 3.8) is 0 Å². The smallest absolute Gasteiger partial charge is 0.151 e. The summed E-state index contributed by atoms with van der Waals surface area (Å²) in [5, 5.41) is 0. The van der Waals surface area contributed by atoms with Crippen LogP contribution in [0.5, 0.6) is 0 Å². The van der Waals surface area contributed by atoms with E-state index in [1.54, 1.807) is 0 Å². The van der Waals surface area contributed by atoms with E-state index in [1.165, 1.54) is 0 Å². The third-order valence-corrected chi connectivity index (χ3v) is 4.83. The number of benzene rings is 1. The summed E-state index contributed by atoms with van der Waals surface area (Å²) in [6, 6.07) is 0. The molecule has 0 aliphatic heterocycles. The van der Waals surface area contributed by atoms with Gasteiger partial charge in [0.2, 0.25) is 0 Å². The van der Waals surface area contributed by atoms with E-state index in [0.29, 0.717) is 11.1 Å². The Kier molecular flexibility index (Phi) is 5.03. The lowest BCUT2D eigenvalue weighted by Gasteiger charge is -2.30. The van der Waals surface area contributed by atoms with Crippen LogP contribution in [0.4, 0.5) is 0 Å². The highest BCUT2D eigenvalue weighted by Gasteiger charge is 2.31. The molecule has 0 saturated carbocycles. The van der Waals surface area contributed by atoms with Crippen LogP contribution in [0.25, 0.3) is 0 Å². The minimum Gasteiger partial charge on any atom is -0.298 e. The van der Waals surface area contributed by atoms with E-state index < -0.39 is 0 Å². The first-order valence-corrected chi connectivity index (χ1v) is 8.01. The summed E-state index contributed by atoms with van der Waals surface area (Å²) in [7, 11) is 0. The lowest BCUT2D eigenvalue weighted by atomic mass is 9.77. The van der Waals surface area contributed by atoms with Crippen LogP contribution in [0, 0.1) is 0 Å². The first kappa shape index (κ1) is 17.6. The second-order valence-corrected chi connectivity index (χ2v) is 8.53. The summed E-state index contributed by atoms with van der Waals surface area (Å²) in [5.74, 6) is 0. The van der Waals surface area contributed by atoms with Crippen molar-refractivity contribution >= 4 is 44.4 Å². The van der Waals surface area contributed by atoms with Crippen LogP contribution < -0.4 is 0 Å². The number of halogens is 2. The van der Waals surface area contributed by atoms with Gasteiger partial charge in [-0.3, -0.25) is 9.59 Å². The summed E-state index contributed by atoms with van der Waals surface area (Å²) >= 11 is 7.07. The number of hydrogen-bond donors (Lipinski definition) is 0. The highest BCUT2D eigenvalue weighted by molar-refractivity contribution is 9.11. The van der Waals surface area contributed by atoms with E-state index in [2.05, 4.69) is 31.9 Å². The predicted octanol–water partition coefficient (Wildman–Crippen LogP) is 5.43. The van der Waals surface area contributed by atoms with Crippen LogP contribution in [0.3, 0.4) is 0 Å². The maximum atomic E-state index is 11.6. The molecule has 0 bridgehead atoms. The number of carbonyl (C=O) groups is 2. The van der Waals surface area contributed by atoms with Crippen LogP contribution in [-0.4, -0.2) is 12.6 Å². The molecule has 0 atom stereocenters. The van der Waals surface area contributed by atoms with Crippen molar-refractivity contribution in [1.29, 1.82) is 0 Å². The minimum absolute atomic E-state index is 0.244. The summed E-state index contributed by atoms with van der Waals surface area (Å²) in [5.41, 5.74) is 2.45. The second-order valence-electron chi connectivity index (χ2n) is 6.94. The van der Waals surface area contributed by atoms with E-state index >= 15 is 0 Å². The molecule has 0 N–H and O–H groups in total. The molecule has 0 fully saturated rings. The van der Waals surface area contributed by atoms with Gasteiger partial charge in [-0.15, -0.1) is 0 Å². The van der Waals surface area contributed by atoms with Gasteiger partial charge < -0.3 is 0 Å². The molecular weight excluding hydrogens is 384 g/mol. The Labute approximate surface area is 137 Å². The van der Waals surface area contributed by atoms with Crippen LogP contribution in [0.2, 0.25) is 0 Å². The van der Waals surface area contributed by atoms with E-state index in [0.717, 1.165) is 32.6 Å². The molecule has 0 amide bonds. The molecule has 20 heavy (non-hydrogen) atoms. The molecule has 1 aromatic rings. The monoisotopic (exact) mass is 402 g/mol. The van der Waals surface area contributed by atoms with Crippen LogP contribution in [-0.2, 0) is 10.8 Å². The molecule has 0 aliphatic rings. The van der Waals surface area contributed by atoms with Crippen LogP contribution >= 0.6 is 31.9 Å². The van der Waals surface area contributed by atoms with Gasteiger partial charge in [0, 0.05) is 20.1 Å². The molecule has 0 saturated heterocycles. The minimum atomic E-state index is -0.244. The second kappa shape index (κ2) is 5.72. The molecule has 0 radical (unpaired) electrons. The van der Waals surface area contributed by atoms with E-state index in [4.69, 9.17) is 0 Å². The van der Waals surface area contributed by atoms with Gasteiger partial charge in [0.1, 0.15) is 0 Å². The molecule has 4 heteroatoms. The zero-order valence-electron chi connectivity index (χ0n) is 12.7. The van der Waals surface area contributed by atoms with Gasteiger partial charge in [0.25, 0.3) is 0 Å². The average Bonchev–Trinajstić information content (AvgIpc) is 2.27. The standard InChI is InChI=1S/C16H20Br2O2/c1-15(2,3)11-9(7-19)14(18)12(16(4,5)6)10(8-20)13(11)17/h7-8H,1-6H3. The molecule has 1 rings (SSSR count). The molecule has 2 nitrogen and oxygen atoms in total. The molecule has 110 valence electrons. The highest BCUT2D eigenvalue weighted by Crippen LogP contribution is 2.44. The van der Waals surface area contributed by atoms with Crippen molar-refractivity contribution < 1.29 is 9.59 Å². The fourth-order valence-electron chi connectivity index (χ4n) is 2.41. The van der Waals surface area contributed by atoms with E-state index in [1.807, 2.05) is 41.5 Å². The first-order chi connectivity index (χ1) is 8.96.